The van der Waals surface area contributed by atoms with Gasteiger partial charge in [0.25, 0.3) is 0 Å². The van der Waals surface area contributed by atoms with Crippen LogP contribution >= 0.6 is 0 Å². The Hall–Kier alpha value is -0.250. The van der Waals surface area contributed by atoms with E-state index >= 15 is 0 Å². The van der Waals surface area contributed by atoms with Gasteiger partial charge >= 0.3 is 6.18 Å². The van der Waals surface area contributed by atoms with Crippen LogP contribution in [0.5, 0.6) is 0 Å². The van der Waals surface area contributed by atoms with Crippen LogP contribution < -0.4 is 0 Å². The Morgan fingerprint density at radius 1 is 1.20 bits per heavy atom. The second kappa shape index (κ2) is 3.37. The van der Waals surface area contributed by atoms with Gasteiger partial charge in [0.1, 0.15) is 0 Å². The van der Waals surface area contributed by atoms with Gasteiger partial charge in [-0.2, -0.15) is 13.2 Å². The summed E-state index contributed by atoms with van der Waals surface area (Å²) in [5, 5.41) is 10.1. The highest BCUT2D eigenvalue weighted by Crippen LogP contribution is 2.57. The van der Waals surface area contributed by atoms with Crippen LogP contribution in [-0.2, 0) is 0 Å². The molecule has 2 aliphatic rings. The molecule has 0 saturated heterocycles. The standard InChI is InChI=1S/C11H17F3O/c1-7-6-10(7,15)8-4-2-3-5-9(8)11(12,13)14/h7-9,15H,2-6H2,1H3. The van der Waals surface area contributed by atoms with E-state index in [0.717, 1.165) is 6.42 Å². The van der Waals surface area contributed by atoms with Gasteiger partial charge in [0.2, 0.25) is 0 Å². The molecule has 4 heteroatoms. The summed E-state index contributed by atoms with van der Waals surface area (Å²) in [5.74, 6) is -1.78. The molecule has 1 N–H and O–H groups in total. The lowest BCUT2D eigenvalue weighted by Gasteiger charge is -2.36. The normalized spacial score (nSPS) is 46.6. The van der Waals surface area contributed by atoms with Crippen LogP contribution in [0.15, 0.2) is 0 Å². The topological polar surface area (TPSA) is 20.2 Å². The van der Waals surface area contributed by atoms with Crippen LogP contribution in [0.25, 0.3) is 0 Å². The third kappa shape index (κ3) is 1.88. The molecule has 2 saturated carbocycles. The average molecular weight is 222 g/mol. The molecule has 0 aromatic carbocycles. The third-order valence-corrected chi connectivity index (χ3v) is 4.15. The predicted molar refractivity (Wildman–Crippen MR) is 50.2 cm³/mol. The van der Waals surface area contributed by atoms with Gasteiger partial charge in [-0.25, -0.2) is 0 Å². The molecule has 0 bridgehead atoms. The highest BCUT2D eigenvalue weighted by atomic mass is 19.4. The monoisotopic (exact) mass is 222 g/mol. The smallest absolute Gasteiger partial charge is 0.389 e. The maximum Gasteiger partial charge on any atom is 0.392 e. The molecule has 88 valence electrons. The van der Waals surface area contributed by atoms with E-state index in [1.54, 1.807) is 0 Å². The highest BCUT2D eigenvalue weighted by molar-refractivity contribution is 5.08. The Bertz CT molecular complexity index is 251. The molecule has 0 aliphatic heterocycles. The van der Waals surface area contributed by atoms with Crippen molar-refractivity contribution < 1.29 is 18.3 Å². The molecule has 0 aromatic rings. The van der Waals surface area contributed by atoms with Crippen LogP contribution in [0.1, 0.15) is 39.0 Å². The zero-order valence-electron chi connectivity index (χ0n) is 8.85. The lowest BCUT2D eigenvalue weighted by molar-refractivity contribution is -0.210. The first-order valence-corrected chi connectivity index (χ1v) is 5.65. The van der Waals surface area contributed by atoms with Crippen molar-refractivity contribution in [1.29, 1.82) is 0 Å². The molecule has 2 fully saturated rings. The van der Waals surface area contributed by atoms with Gasteiger partial charge in [0.05, 0.1) is 11.5 Å². The molecule has 15 heavy (non-hydrogen) atoms. The van der Waals surface area contributed by atoms with Crippen LogP contribution in [0.4, 0.5) is 13.2 Å². The lowest BCUT2D eigenvalue weighted by atomic mass is 9.74. The zero-order chi connectivity index (χ0) is 11.3. The molecule has 0 radical (unpaired) electrons. The number of halogens is 3. The van der Waals surface area contributed by atoms with E-state index in [9.17, 15) is 18.3 Å². The first-order chi connectivity index (χ1) is 6.86. The minimum Gasteiger partial charge on any atom is -0.389 e. The summed E-state index contributed by atoms with van der Waals surface area (Å²) in [7, 11) is 0. The Labute approximate surface area is 87.7 Å². The lowest BCUT2D eigenvalue weighted by Crippen LogP contribution is -2.41. The summed E-state index contributed by atoms with van der Waals surface area (Å²) in [5.41, 5.74) is -1.01. The number of rotatable bonds is 1. The van der Waals surface area contributed by atoms with Crippen LogP contribution in [-0.4, -0.2) is 16.9 Å². The van der Waals surface area contributed by atoms with Crippen LogP contribution in [0.2, 0.25) is 0 Å². The fourth-order valence-corrected chi connectivity index (χ4v) is 3.07. The summed E-state index contributed by atoms with van der Waals surface area (Å²) >= 11 is 0. The first-order valence-electron chi connectivity index (χ1n) is 5.65. The van der Waals surface area contributed by atoms with Crippen molar-refractivity contribution in [2.75, 3.05) is 0 Å². The molecular weight excluding hydrogens is 205 g/mol. The summed E-state index contributed by atoms with van der Waals surface area (Å²) in [6.07, 6.45) is -1.39. The molecule has 4 unspecified atom stereocenters. The second-order valence-corrected chi connectivity index (χ2v) is 5.14. The molecule has 2 aliphatic carbocycles. The van der Waals surface area contributed by atoms with Gasteiger partial charge in [0.15, 0.2) is 0 Å². The summed E-state index contributed by atoms with van der Waals surface area (Å²) < 4.78 is 38.3. The van der Waals surface area contributed by atoms with E-state index in [2.05, 4.69) is 0 Å². The maximum atomic E-state index is 12.8. The second-order valence-electron chi connectivity index (χ2n) is 5.14. The van der Waals surface area contributed by atoms with Gasteiger partial charge in [-0.1, -0.05) is 19.8 Å². The molecule has 0 spiro atoms. The van der Waals surface area contributed by atoms with Gasteiger partial charge in [0, 0.05) is 0 Å². The van der Waals surface area contributed by atoms with E-state index in [1.807, 2.05) is 6.92 Å². The molecule has 4 atom stereocenters. The molecule has 0 amide bonds. The summed E-state index contributed by atoms with van der Waals surface area (Å²) in [4.78, 5) is 0. The van der Waals surface area contributed by atoms with Crippen molar-refractivity contribution >= 4 is 0 Å². The number of hydrogen-bond acceptors (Lipinski definition) is 1. The fourth-order valence-electron chi connectivity index (χ4n) is 3.07. The van der Waals surface area contributed by atoms with Crippen molar-refractivity contribution in [3.8, 4) is 0 Å². The number of alkyl halides is 3. The van der Waals surface area contributed by atoms with Crippen molar-refractivity contribution in [3.63, 3.8) is 0 Å². The molecular formula is C11H17F3O. The third-order valence-electron chi connectivity index (χ3n) is 4.15. The Balaban J connectivity index is 2.14. The fraction of sp³-hybridized carbons (Fsp3) is 1.00. The number of aliphatic hydroxyl groups is 1. The van der Waals surface area contributed by atoms with Gasteiger partial charge < -0.3 is 5.11 Å². The van der Waals surface area contributed by atoms with Crippen LogP contribution in [0, 0.1) is 17.8 Å². The van der Waals surface area contributed by atoms with Crippen molar-refractivity contribution in [2.45, 2.75) is 50.8 Å². The first kappa shape index (κ1) is 11.2. The zero-order valence-corrected chi connectivity index (χ0v) is 8.85. The van der Waals surface area contributed by atoms with Crippen molar-refractivity contribution in [2.24, 2.45) is 17.8 Å². The highest BCUT2D eigenvalue weighted by Gasteiger charge is 2.61. The van der Waals surface area contributed by atoms with Crippen molar-refractivity contribution in [3.05, 3.63) is 0 Å². The minimum absolute atomic E-state index is 0.0467. The molecule has 2 rings (SSSR count). The van der Waals surface area contributed by atoms with E-state index in [4.69, 9.17) is 0 Å². The Morgan fingerprint density at radius 2 is 1.73 bits per heavy atom. The van der Waals surface area contributed by atoms with E-state index in [1.165, 1.54) is 0 Å². The molecule has 0 aromatic heterocycles. The van der Waals surface area contributed by atoms with Gasteiger partial charge in [-0.05, 0) is 31.1 Å². The Kier molecular flexibility index (Phi) is 2.53. The molecule has 1 nitrogen and oxygen atoms in total. The maximum absolute atomic E-state index is 12.8. The van der Waals surface area contributed by atoms with Gasteiger partial charge in [-0.3, -0.25) is 0 Å². The van der Waals surface area contributed by atoms with E-state index in [0.29, 0.717) is 19.3 Å². The summed E-state index contributed by atoms with van der Waals surface area (Å²) in [6.45, 7) is 1.84. The van der Waals surface area contributed by atoms with E-state index in [-0.39, 0.29) is 12.3 Å². The Morgan fingerprint density at radius 3 is 2.20 bits per heavy atom. The SMILES string of the molecule is CC1CC1(O)C1CCCCC1C(F)(F)F. The average Bonchev–Trinajstić information content (AvgIpc) is 2.75. The molecule has 0 heterocycles. The predicted octanol–water partition coefficient (Wildman–Crippen LogP) is 3.13. The van der Waals surface area contributed by atoms with Crippen LogP contribution in [0.3, 0.4) is 0 Å². The van der Waals surface area contributed by atoms with Crippen molar-refractivity contribution in [1.82, 2.24) is 0 Å². The minimum atomic E-state index is -4.14. The quantitative estimate of drug-likeness (QED) is 0.722. The number of hydrogen-bond donors (Lipinski definition) is 1. The largest absolute Gasteiger partial charge is 0.392 e. The summed E-state index contributed by atoms with van der Waals surface area (Å²) in [6, 6.07) is 0. The van der Waals surface area contributed by atoms with Gasteiger partial charge in [-0.15, -0.1) is 0 Å². The van der Waals surface area contributed by atoms with E-state index < -0.39 is 23.6 Å².